The third kappa shape index (κ3) is 2.38. The van der Waals surface area contributed by atoms with Gasteiger partial charge in [-0.3, -0.25) is 4.31 Å². The van der Waals surface area contributed by atoms with Gasteiger partial charge in [0.1, 0.15) is 0 Å². The molecule has 94 valence electrons. The van der Waals surface area contributed by atoms with E-state index >= 15 is 0 Å². The van der Waals surface area contributed by atoms with Gasteiger partial charge in [0.05, 0.1) is 10.6 Å². The lowest BCUT2D eigenvalue weighted by Crippen LogP contribution is -2.26. The molecule has 0 heterocycles. The molecular formula is C14H15NO2S. The van der Waals surface area contributed by atoms with Crippen molar-refractivity contribution >= 4 is 15.7 Å². The van der Waals surface area contributed by atoms with Crippen LogP contribution in [0, 0.1) is 6.92 Å². The van der Waals surface area contributed by atoms with Gasteiger partial charge in [0, 0.05) is 7.05 Å². The van der Waals surface area contributed by atoms with E-state index in [0.717, 1.165) is 5.56 Å². The smallest absolute Gasteiger partial charge is 0.264 e. The molecule has 0 fully saturated rings. The van der Waals surface area contributed by atoms with Crippen LogP contribution < -0.4 is 4.31 Å². The Kier molecular flexibility index (Phi) is 3.39. The Labute approximate surface area is 108 Å². The first kappa shape index (κ1) is 12.6. The minimum atomic E-state index is -3.47. The highest BCUT2D eigenvalue weighted by atomic mass is 32.2. The summed E-state index contributed by atoms with van der Waals surface area (Å²) in [5, 5.41) is 0. The fourth-order valence-electron chi connectivity index (χ4n) is 1.64. The first-order chi connectivity index (χ1) is 8.51. The Morgan fingerprint density at radius 2 is 1.44 bits per heavy atom. The average Bonchev–Trinajstić information content (AvgIpc) is 2.40. The maximum absolute atomic E-state index is 12.3. The highest BCUT2D eigenvalue weighted by molar-refractivity contribution is 7.92. The predicted molar refractivity (Wildman–Crippen MR) is 73.2 cm³/mol. The molecule has 2 aromatic carbocycles. The molecule has 0 bridgehead atoms. The first-order valence-corrected chi connectivity index (χ1v) is 7.06. The lowest BCUT2D eigenvalue weighted by molar-refractivity contribution is 0.594. The molecule has 2 rings (SSSR count). The van der Waals surface area contributed by atoms with Crippen LogP contribution in [-0.2, 0) is 10.0 Å². The summed E-state index contributed by atoms with van der Waals surface area (Å²) >= 11 is 0. The lowest BCUT2D eigenvalue weighted by atomic mass is 10.2. The monoisotopic (exact) mass is 261 g/mol. The zero-order chi connectivity index (χ0) is 13.2. The molecule has 0 N–H and O–H groups in total. The predicted octanol–water partition coefficient (Wildman–Crippen LogP) is 2.82. The zero-order valence-corrected chi connectivity index (χ0v) is 11.2. The van der Waals surface area contributed by atoms with Crippen LogP contribution in [0.4, 0.5) is 5.69 Å². The maximum atomic E-state index is 12.3. The summed E-state index contributed by atoms with van der Waals surface area (Å²) in [5.74, 6) is 0. The zero-order valence-electron chi connectivity index (χ0n) is 10.4. The highest BCUT2D eigenvalue weighted by Crippen LogP contribution is 2.21. The third-order valence-corrected chi connectivity index (χ3v) is 4.60. The Hall–Kier alpha value is -1.81. The Bertz CT molecular complexity index is 619. The molecule has 0 saturated heterocycles. The van der Waals surface area contributed by atoms with Gasteiger partial charge in [-0.1, -0.05) is 35.9 Å². The molecule has 0 aliphatic carbocycles. The van der Waals surface area contributed by atoms with Gasteiger partial charge in [-0.05, 0) is 31.2 Å². The average molecular weight is 261 g/mol. The van der Waals surface area contributed by atoms with Crippen molar-refractivity contribution in [1.29, 1.82) is 0 Å². The van der Waals surface area contributed by atoms with Crippen molar-refractivity contribution in [1.82, 2.24) is 0 Å². The molecule has 2 aromatic rings. The molecular weight excluding hydrogens is 246 g/mol. The molecule has 4 heteroatoms. The van der Waals surface area contributed by atoms with Gasteiger partial charge in [-0.2, -0.15) is 0 Å². The molecule has 0 unspecified atom stereocenters. The van der Waals surface area contributed by atoms with Crippen molar-refractivity contribution in [3.8, 4) is 0 Å². The molecule has 0 atom stereocenters. The van der Waals surface area contributed by atoms with Crippen molar-refractivity contribution in [2.45, 2.75) is 11.8 Å². The number of anilines is 1. The van der Waals surface area contributed by atoms with E-state index in [1.807, 2.05) is 19.1 Å². The van der Waals surface area contributed by atoms with Crippen LogP contribution >= 0.6 is 0 Å². The van der Waals surface area contributed by atoms with E-state index in [1.54, 1.807) is 49.5 Å². The number of nitrogens with zero attached hydrogens (tertiary/aromatic N) is 1. The molecule has 0 amide bonds. The fraction of sp³-hybridized carbons (Fsp3) is 0.143. The van der Waals surface area contributed by atoms with Crippen LogP contribution in [0.5, 0.6) is 0 Å². The molecule has 3 nitrogen and oxygen atoms in total. The van der Waals surface area contributed by atoms with E-state index < -0.39 is 10.0 Å². The van der Waals surface area contributed by atoms with E-state index in [1.165, 1.54) is 4.31 Å². The number of aryl methyl sites for hydroxylation is 1. The molecule has 0 aliphatic rings. The maximum Gasteiger partial charge on any atom is 0.264 e. The molecule has 0 aliphatic heterocycles. The minimum Gasteiger partial charge on any atom is -0.269 e. The first-order valence-electron chi connectivity index (χ1n) is 5.62. The van der Waals surface area contributed by atoms with Crippen LogP contribution in [0.1, 0.15) is 5.56 Å². The molecule has 18 heavy (non-hydrogen) atoms. The summed E-state index contributed by atoms with van der Waals surface area (Å²) < 4.78 is 26.0. The number of sulfonamides is 1. The van der Waals surface area contributed by atoms with Crippen molar-refractivity contribution in [3.63, 3.8) is 0 Å². The number of hydrogen-bond donors (Lipinski definition) is 0. The second kappa shape index (κ2) is 4.82. The second-order valence-corrected chi connectivity index (χ2v) is 6.09. The van der Waals surface area contributed by atoms with Crippen LogP contribution in [0.25, 0.3) is 0 Å². The van der Waals surface area contributed by atoms with Gasteiger partial charge in [-0.25, -0.2) is 8.42 Å². The lowest BCUT2D eigenvalue weighted by Gasteiger charge is -2.19. The summed E-state index contributed by atoms with van der Waals surface area (Å²) in [7, 11) is -1.91. The largest absolute Gasteiger partial charge is 0.269 e. The molecule has 0 radical (unpaired) electrons. The Morgan fingerprint density at radius 1 is 0.889 bits per heavy atom. The summed E-state index contributed by atoms with van der Waals surface area (Å²) in [6, 6.07) is 15.8. The number of hydrogen-bond acceptors (Lipinski definition) is 2. The summed E-state index contributed by atoms with van der Waals surface area (Å²) in [5.41, 5.74) is 1.76. The quantitative estimate of drug-likeness (QED) is 0.852. The van der Waals surface area contributed by atoms with Crippen LogP contribution in [-0.4, -0.2) is 15.5 Å². The van der Waals surface area contributed by atoms with Gasteiger partial charge in [0.2, 0.25) is 0 Å². The van der Waals surface area contributed by atoms with Crippen LogP contribution in [0.15, 0.2) is 59.5 Å². The standard InChI is InChI=1S/C14H15NO2S/c1-12-8-10-13(11-9-12)15(2)18(16,17)14-6-4-3-5-7-14/h3-11H,1-2H3. The second-order valence-electron chi connectivity index (χ2n) is 4.12. The summed E-state index contributed by atoms with van der Waals surface area (Å²) in [4.78, 5) is 0.299. The van der Waals surface area contributed by atoms with Crippen LogP contribution in [0.2, 0.25) is 0 Å². The normalized spacial score (nSPS) is 11.2. The van der Waals surface area contributed by atoms with Gasteiger partial charge >= 0.3 is 0 Å². The van der Waals surface area contributed by atoms with Crippen molar-refractivity contribution in [3.05, 3.63) is 60.2 Å². The van der Waals surface area contributed by atoms with Gasteiger partial charge in [-0.15, -0.1) is 0 Å². The SMILES string of the molecule is Cc1ccc(N(C)S(=O)(=O)c2ccccc2)cc1. The summed E-state index contributed by atoms with van der Waals surface area (Å²) in [6.07, 6.45) is 0. The summed E-state index contributed by atoms with van der Waals surface area (Å²) in [6.45, 7) is 1.97. The highest BCUT2D eigenvalue weighted by Gasteiger charge is 2.20. The van der Waals surface area contributed by atoms with E-state index in [2.05, 4.69) is 0 Å². The number of benzene rings is 2. The molecule has 0 spiro atoms. The molecule has 0 aromatic heterocycles. The van der Waals surface area contributed by atoms with Crippen molar-refractivity contribution in [2.75, 3.05) is 11.4 Å². The fourth-order valence-corrected chi connectivity index (χ4v) is 2.86. The Morgan fingerprint density at radius 3 is 2.00 bits per heavy atom. The van der Waals surface area contributed by atoms with Gasteiger partial charge in [0.25, 0.3) is 10.0 Å². The van der Waals surface area contributed by atoms with Crippen LogP contribution in [0.3, 0.4) is 0 Å². The van der Waals surface area contributed by atoms with E-state index in [9.17, 15) is 8.42 Å². The minimum absolute atomic E-state index is 0.299. The van der Waals surface area contributed by atoms with E-state index in [4.69, 9.17) is 0 Å². The number of rotatable bonds is 3. The molecule has 0 saturated carbocycles. The van der Waals surface area contributed by atoms with Gasteiger partial charge in [0.15, 0.2) is 0 Å². The van der Waals surface area contributed by atoms with E-state index in [-0.39, 0.29) is 0 Å². The third-order valence-electron chi connectivity index (χ3n) is 2.80. The van der Waals surface area contributed by atoms with E-state index in [0.29, 0.717) is 10.6 Å². The van der Waals surface area contributed by atoms with Gasteiger partial charge < -0.3 is 0 Å². The topological polar surface area (TPSA) is 37.4 Å². The van der Waals surface area contributed by atoms with Crippen molar-refractivity contribution < 1.29 is 8.42 Å². The van der Waals surface area contributed by atoms with Crippen molar-refractivity contribution in [2.24, 2.45) is 0 Å². The Balaban J connectivity index is 2.39.